The van der Waals surface area contributed by atoms with Gasteiger partial charge < -0.3 is 15.4 Å². The van der Waals surface area contributed by atoms with Crippen molar-refractivity contribution in [1.82, 2.24) is 4.98 Å². The number of nitrogens with two attached hydrogens (primary N) is 1. The van der Waals surface area contributed by atoms with Gasteiger partial charge in [0.25, 0.3) is 0 Å². The summed E-state index contributed by atoms with van der Waals surface area (Å²) < 4.78 is 5.72. The number of rotatable bonds is 5. The van der Waals surface area contributed by atoms with Gasteiger partial charge in [-0.05, 0) is 43.7 Å². The van der Waals surface area contributed by atoms with Crippen LogP contribution in [0.15, 0.2) is 42.7 Å². The van der Waals surface area contributed by atoms with E-state index in [0.717, 1.165) is 18.0 Å². The van der Waals surface area contributed by atoms with Crippen molar-refractivity contribution < 1.29 is 4.74 Å². The van der Waals surface area contributed by atoms with E-state index in [0.29, 0.717) is 5.69 Å². The minimum atomic E-state index is 0.109. The number of para-hydroxylation sites is 1. The molecular weight excluding hydrogens is 250 g/mol. The van der Waals surface area contributed by atoms with Crippen LogP contribution in [0.1, 0.15) is 19.4 Å². The van der Waals surface area contributed by atoms with Crippen molar-refractivity contribution in [3.8, 4) is 5.75 Å². The molecule has 0 aliphatic heterocycles. The van der Waals surface area contributed by atoms with E-state index in [4.69, 9.17) is 10.5 Å². The highest BCUT2D eigenvalue weighted by Gasteiger charge is 2.11. The lowest BCUT2D eigenvalue weighted by Crippen LogP contribution is -2.18. The van der Waals surface area contributed by atoms with Crippen molar-refractivity contribution in [2.45, 2.75) is 26.5 Å². The Balaban J connectivity index is 2.19. The van der Waals surface area contributed by atoms with E-state index in [-0.39, 0.29) is 6.10 Å². The van der Waals surface area contributed by atoms with Gasteiger partial charge in [-0.25, -0.2) is 0 Å². The largest absolute Gasteiger partial charge is 0.489 e. The molecule has 4 nitrogen and oxygen atoms in total. The fourth-order valence-corrected chi connectivity index (χ4v) is 2.07. The molecule has 1 aromatic heterocycles. The molecule has 106 valence electrons. The molecule has 20 heavy (non-hydrogen) atoms. The van der Waals surface area contributed by atoms with Gasteiger partial charge in [-0.1, -0.05) is 6.07 Å². The Morgan fingerprint density at radius 2 is 1.90 bits per heavy atom. The highest BCUT2D eigenvalue weighted by Crippen LogP contribution is 2.32. The molecule has 2 N–H and O–H groups in total. The maximum absolute atomic E-state index is 6.21. The molecule has 4 heteroatoms. The fraction of sp³-hybridized carbons (Fsp3) is 0.312. The molecular formula is C16H21N3O. The molecule has 0 unspecified atom stereocenters. The van der Waals surface area contributed by atoms with Crippen LogP contribution >= 0.6 is 0 Å². The van der Waals surface area contributed by atoms with Crippen LogP contribution < -0.4 is 15.4 Å². The molecule has 1 heterocycles. The van der Waals surface area contributed by atoms with Gasteiger partial charge in [0.1, 0.15) is 5.75 Å². The van der Waals surface area contributed by atoms with Crippen LogP contribution in [0.25, 0.3) is 0 Å². The zero-order valence-corrected chi connectivity index (χ0v) is 12.2. The topological polar surface area (TPSA) is 51.4 Å². The van der Waals surface area contributed by atoms with Crippen LogP contribution in [0.3, 0.4) is 0 Å². The lowest BCUT2D eigenvalue weighted by molar-refractivity contribution is 0.244. The highest BCUT2D eigenvalue weighted by atomic mass is 16.5. The van der Waals surface area contributed by atoms with Crippen molar-refractivity contribution in [2.24, 2.45) is 0 Å². The van der Waals surface area contributed by atoms with E-state index in [1.807, 2.05) is 51.2 Å². The third-order valence-corrected chi connectivity index (χ3v) is 2.99. The third kappa shape index (κ3) is 3.41. The Bertz CT molecular complexity index is 555. The van der Waals surface area contributed by atoms with Gasteiger partial charge in [0.15, 0.2) is 0 Å². The highest BCUT2D eigenvalue weighted by molar-refractivity contribution is 5.73. The smallest absolute Gasteiger partial charge is 0.144 e. The zero-order chi connectivity index (χ0) is 14.5. The molecule has 2 aromatic rings. The first kappa shape index (κ1) is 14.2. The Labute approximate surface area is 120 Å². The first-order valence-corrected chi connectivity index (χ1v) is 6.73. The summed E-state index contributed by atoms with van der Waals surface area (Å²) in [5.41, 5.74) is 9.05. The molecule has 0 bridgehead atoms. The van der Waals surface area contributed by atoms with Crippen LogP contribution in [0.4, 0.5) is 11.4 Å². The van der Waals surface area contributed by atoms with Crippen molar-refractivity contribution in [2.75, 3.05) is 17.7 Å². The van der Waals surface area contributed by atoms with E-state index in [2.05, 4.69) is 9.88 Å². The van der Waals surface area contributed by atoms with Crippen LogP contribution in [0, 0.1) is 0 Å². The summed E-state index contributed by atoms with van der Waals surface area (Å²) >= 11 is 0. The summed E-state index contributed by atoms with van der Waals surface area (Å²) in [5.74, 6) is 0.735. The second kappa shape index (κ2) is 6.28. The van der Waals surface area contributed by atoms with Gasteiger partial charge >= 0.3 is 0 Å². The van der Waals surface area contributed by atoms with Crippen molar-refractivity contribution >= 4 is 11.4 Å². The van der Waals surface area contributed by atoms with Gasteiger partial charge in [-0.15, -0.1) is 0 Å². The van der Waals surface area contributed by atoms with Gasteiger partial charge in [-0.2, -0.15) is 0 Å². The van der Waals surface area contributed by atoms with Crippen molar-refractivity contribution in [1.29, 1.82) is 0 Å². The lowest BCUT2D eigenvalue weighted by atomic mass is 10.2. The Kier molecular flexibility index (Phi) is 4.45. The fourth-order valence-electron chi connectivity index (χ4n) is 2.07. The van der Waals surface area contributed by atoms with Gasteiger partial charge in [0.05, 0.1) is 17.5 Å². The maximum Gasteiger partial charge on any atom is 0.144 e. The molecule has 2 rings (SSSR count). The Morgan fingerprint density at radius 1 is 1.20 bits per heavy atom. The van der Waals surface area contributed by atoms with E-state index < -0.39 is 0 Å². The summed E-state index contributed by atoms with van der Waals surface area (Å²) in [6.45, 7) is 4.76. The molecule has 0 fully saturated rings. The van der Waals surface area contributed by atoms with Crippen LogP contribution in [-0.4, -0.2) is 18.1 Å². The van der Waals surface area contributed by atoms with Crippen LogP contribution in [0.5, 0.6) is 5.75 Å². The van der Waals surface area contributed by atoms with Crippen molar-refractivity contribution in [3.05, 3.63) is 48.3 Å². The number of hydrogen-bond donors (Lipinski definition) is 1. The Hall–Kier alpha value is -2.23. The van der Waals surface area contributed by atoms with Crippen LogP contribution in [-0.2, 0) is 6.54 Å². The molecule has 0 saturated carbocycles. The SMILES string of the molecule is CC(C)Oc1cccc(N(C)Cc2ccncc2)c1N. The monoisotopic (exact) mass is 271 g/mol. The average molecular weight is 271 g/mol. The summed E-state index contributed by atoms with van der Waals surface area (Å²) in [7, 11) is 2.02. The standard InChI is InChI=1S/C16H21N3O/c1-12(2)20-15-6-4-5-14(16(15)17)19(3)11-13-7-9-18-10-8-13/h4-10,12H,11,17H2,1-3H3. The zero-order valence-electron chi connectivity index (χ0n) is 12.2. The molecule has 0 aliphatic rings. The average Bonchev–Trinajstić information content (AvgIpc) is 2.41. The summed E-state index contributed by atoms with van der Waals surface area (Å²) in [6, 6.07) is 9.87. The number of anilines is 2. The number of benzene rings is 1. The molecule has 0 radical (unpaired) electrons. The molecule has 0 atom stereocenters. The number of nitrogen functional groups attached to an aromatic ring is 1. The molecule has 1 aromatic carbocycles. The summed E-state index contributed by atoms with van der Waals surface area (Å²) in [6.07, 6.45) is 3.70. The first-order chi connectivity index (χ1) is 9.58. The third-order valence-electron chi connectivity index (χ3n) is 2.99. The Morgan fingerprint density at radius 3 is 2.55 bits per heavy atom. The van der Waals surface area contributed by atoms with E-state index in [1.54, 1.807) is 12.4 Å². The maximum atomic E-state index is 6.21. The van der Waals surface area contributed by atoms with Gasteiger partial charge in [0, 0.05) is 26.0 Å². The number of pyridine rings is 1. The van der Waals surface area contributed by atoms with E-state index in [1.165, 1.54) is 5.56 Å². The predicted molar refractivity (Wildman–Crippen MR) is 83.0 cm³/mol. The van der Waals surface area contributed by atoms with E-state index in [9.17, 15) is 0 Å². The minimum absolute atomic E-state index is 0.109. The predicted octanol–water partition coefficient (Wildman–Crippen LogP) is 3.09. The van der Waals surface area contributed by atoms with E-state index >= 15 is 0 Å². The summed E-state index contributed by atoms with van der Waals surface area (Å²) in [4.78, 5) is 6.14. The molecule has 0 spiro atoms. The second-order valence-electron chi connectivity index (χ2n) is 5.07. The summed E-state index contributed by atoms with van der Waals surface area (Å²) in [5, 5.41) is 0. The molecule has 0 aliphatic carbocycles. The minimum Gasteiger partial charge on any atom is -0.489 e. The lowest BCUT2D eigenvalue weighted by Gasteiger charge is -2.23. The van der Waals surface area contributed by atoms with Crippen LogP contribution in [0.2, 0.25) is 0 Å². The normalized spacial score (nSPS) is 10.6. The number of aromatic nitrogens is 1. The number of ether oxygens (including phenoxy) is 1. The van der Waals surface area contributed by atoms with Crippen molar-refractivity contribution in [3.63, 3.8) is 0 Å². The number of hydrogen-bond acceptors (Lipinski definition) is 4. The first-order valence-electron chi connectivity index (χ1n) is 6.73. The molecule has 0 saturated heterocycles. The quantitative estimate of drug-likeness (QED) is 0.849. The van der Waals surface area contributed by atoms with Gasteiger partial charge in [0.2, 0.25) is 0 Å². The van der Waals surface area contributed by atoms with Gasteiger partial charge in [-0.3, -0.25) is 4.98 Å². The number of nitrogens with zero attached hydrogens (tertiary/aromatic N) is 2. The second-order valence-corrected chi connectivity index (χ2v) is 5.07. The molecule has 0 amide bonds.